The standard InChI is InChI=1S/C12H13NO3/c1-12(5-6-13-11(12)16)9-4-2-3-8(7-9)10(14)15/h2-4,7H,5-6H2,1H3,(H,13,16)(H,14,15). The molecule has 1 heterocycles. The third-order valence-corrected chi connectivity index (χ3v) is 3.16. The van der Waals surface area contributed by atoms with Crippen molar-refractivity contribution in [2.24, 2.45) is 0 Å². The highest BCUT2D eigenvalue weighted by Gasteiger charge is 2.39. The van der Waals surface area contributed by atoms with E-state index < -0.39 is 11.4 Å². The van der Waals surface area contributed by atoms with Gasteiger partial charge in [-0.15, -0.1) is 0 Å². The van der Waals surface area contributed by atoms with E-state index in [1.807, 2.05) is 6.92 Å². The number of carbonyl (C=O) groups is 2. The van der Waals surface area contributed by atoms with Gasteiger partial charge in [0, 0.05) is 6.54 Å². The van der Waals surface area contributed by atoms with E-state index in [4.69, 9.17) is 5.11 Å². The summed E-state index contributed by atoms with van der Waals surface area (Å²) in [5, 5.41) is 11.7. The van der Waals surface area contributed by atoms with Crippen LogP contribution in [0.5, 0.6) is 0 Å². The van der Waals surface area contributed by atoms with E-state index in [9.17, 15) is 9.59 Å². The van der Waals surface area contributed by atoms with Crippen LogP contribution >= 0.6 is 0 Å². The third kappa shape index (κ3) is 1.56. The lowest BCUT2D eigenvalue weighted by Crippen LogP contribution is -2.32. The molecule has 1 atom stereocenters. The van der Waals surface area contributed by atoms with Crippen molar-refractivity contribution in [2.45, 2.75) is 18.8 Å². The normalized spacial score (nSPS) is 24.2. The van der Waals surface area contributed by atoms with Gasteiger partial charge in [0.2, 0.25) is 5.91 Å². The Labute approximate surface area is 93.3 Å². The molecule has 1 saturated heterocycles. The zero-order valence-electron chi connectivity index (χ0n) is 8.99. The number of benzene rings is 1. The smallest absolute Gasteiger partial charge is 0.335 e. The van der Waals surface area contributed by atoms with Crippen LogP contribution in [0.3, 0.4) is 0 Å². The highest BCUT2D eigenvalue weighted by atomic mass is 16.4. The van der Waals surface area contributed by atoms with E-state index in [0.717, 1.165) is 5.56 Å². The number of rotatable bonds is 2. The Hall–Kier alpha value is -1.84. The van der Waals surface area contributed by atoms with Crippen LogP contribution < -0.4 is 5.32 Å². The molecule has 0 spiro atoms. The maximum absolute atomic E-state index is 11.7. The minimum absolute atomic E-state index is 0.0324. The zero-order valence-corrected chi connectivity index (χ0v) is 8.99. The number of amides is 1. The third-order valence-electron chi connectivity index (χ3n) is 3.16. The van der Waals surface area contributed by atoms with E-state index in [2.05, 4.69) is 5.32 Å². The van der Waals surface area contributed by atoms with Gasteiger partial charge in [-0.05, 0) is 31.0 Å². The predicted molar refractivity (Wildman–Crippen MR) is 58.4 cm³/mol. The van der Waals surface area contributed by atoms with Crippen LogP contribution in [0.2, 0.25) is 0 Å². The number of hydrogen-bond acceptors (Lipinski definition) is 2. The van der Waals surface area contributed by atoms with Gasteiger partial charge < -0.3 is 10.4 Å². The van der Waals surface area contributed by atoms with Gasteiger partial charge in [-0.2, -0.15) is 0 Å². The molecule has 2 rings (SSSR count). The zero-order chi connectivity index (χ0) is 11.8. The topological polar surface area (TPSA) is 66.4 Å². The molecule has 0 bridgehead atoms. The molecule has 1 amide bonds. The second-order valence-corrected chi connectivity index (χ2v) is 4.22. The predicted octanol–water partition coefficient (Wildman–Crippen LogP) is 1.16. The molecule has 0 aromatic heterocycles. The van der Waals surface area contributed by atoms with E-state index >= 15 is 0 Å². The fourth-order valence-electron chi connectivity index (χ4n) is 2.01. The average Bonchev–Trinajstić information content (AvgIpc) is 2.61. The second kappa shape index (κ2) is 3.63. The molecule has 1 aliphatic heterocycles. The molecule has 4 heteroatoms. The molecule has 1 aromatic rings. The summed E-state index contributed by atoms with van der Waals surface area (Å²) in [6.07, 6.45) is 0.703. The van der Waals surface area contributed by atoms with Crippen molar-refractivity contribution < 1.29 is 14.7 Å². The first-order valence-corrected chi connectivity index (χ1v) is 5.16. The molecule has 1 fully saturated rings. The summed E-state index contributed by atoms with van der Waals surface area (Å²) in [7, 11) is 0. The molecule has 4 nitrogen and oxygen atoms in total. The summed E-state index contributed by atoms with van der Waals surface area (Å²) in [6.45, 7) is 2.49. The summed E-state index contributed by atoms with van der Waals surface area (Å²) < 4.78 is 0. The van der Waals surface area contributed by atoms with Gasteiger partial charge in [-0.3, -0.25) is 4.79 Å². The molecule has 0 radical (unpaired) electrons. The Morgan fingerprint density at radius 1 is 1.50 bits per heavy atom. The molecule has 1 aromatic carbocycles. The number of carboxylic acid groups (broad SMARTS) is 1. The highest BCUT2D eigenvalue weighted by Crippen LogP contribution is 2.31. The minimum Gasteiger partial charge on any atom is -0.478 e. The van der Waals surface area contributed by atoms with E-state index in [-0.39, 0.29) is 11.5 Å². The van der Waals surface area contributed by atoms with Gasteiger partial charge in [0.15, 0.2) is 0 Å². The molecule has 16 heavy (non-hydrogen) atoms. The number of aromatic carboxylic acids is 1. The molecule has 0 aliphatic carbocycles. The quantitative estimate of drug-likeness (QED) is 0.784. The van der Waals surface area contributed by atoms with Crippen LogP contribution in [0, 0.1) is 0 Å². The lowest BCUT2D eigenvalue weighted by Gasteiger charge is -2.21. The van der Waals surface area contributed by atoms with E-state index in [1.165, 1.54) is 6.07 Å². The first kappa shape index (κ1) is 10.7. The molecular weight excluding hydrogens is 206 g/mol. The summed E-state index contributed by atoms with van der Waals surface area (Å²) in [5.74, 6) is -1.00. The molecule has 2 N–H and O–H groups in total. The Balaban J connectivity index is 2.44. The van der Waals surface area contributed by atoms with Gasteiger partial charge in [0.05, 0.1) is 11.0 Å². The molecular formula is C12H13NO3. The van der Waals surface area contributed by atoms with Crippen molar-refractivity contribution in [2.75, 3.05) is 6.54 Å². The van der Waals surface area contributed by atoms with Crippen molar-refractivity contribution in [3.05, 3.63) is 35.4 Å². The largest absolute Gasteiger partial charge is 0.478 e. The summed E-state index contributed by atoms with van der Waals surface area (Å²) in [4.78, 5) is 22.6. The number of hydrogen-bond donors (Lipinski definition) is 2. The summed E-state index contributed by atoms with van der Waals surface area (Å²) in [5.41, 5.74) is 0.395. The van der Waals surface area contributed by atoms with Crippen LogP contribution in [0.25, 0.3) is 0 Å². The van der Waals surface area contributed by atoms with Crippen molar-refractivity contribution in [3.8, 4) is 0 Å². The Morgan fingerprint density at radius 3 is 2.81 bits per heavy atom. The van der Waals surface area contributed by atoms with Crippen LogP contribution in [-0.4, -0.2) is 23.5 Å². The molecule has 0 saturated carbocycles. The van der Waals surface area contributed by atoms with Crippen molar-refractivity contribution in [1.82, 2.24) is 5.32 Å². The number of carboxylic acids is 1. The van der Waals surface area contributed by atoms with Gasteiger partial charge in [-0.25, -0.2) is 4.79 Å². The fraction of sp³-hybridized carbons (Fsp3) is 0.333. The Bertz CT molecular complexity index is 455. The Morgan fingerprint density at radius 2 is 2.25 bits per heavy atom. The number of nitrogens with one attached hydrogen (secondary N) is 1. The van der Waals surface area contributed by atoms with Crippen LogP contribution in [0.1, 0.15) is 29.3 Å². The molecule has 84 valence electrons. The van der Waals surface area contributed by atoms with Crippen LogP contribution in [0.15, 0.2) is 24.3 Å². The van der Waals surface area contributed by atoms with Crippen molar-refractivity contribution >= 4 is 11.9 Å². The molecule has 1 unspecified atom stereocenters. The SMILES string of the molecule is CC1(c2cccc(C(=O)O)c2)CCNC1=O. The van der Waals surface area contributed by atoms with E-state index in [0.29, 0.717) is 13.0 Å². The Kier molecular flexibility index (Phi) is 2.42. The molecule has 1 aliphatic rings. The second-order valence-electron chi connectivity index (χ2n) is 4.22. The van der Waals surface area contributed by atoms with Crippen LogP contribution in [0.4, 0.5) is 0 Å². The van der Waals surface area contributed by atoms with E-state index in [1.54, 1.807) is 18.2 Å². The van der Waals surface area contributed by atoms with Gasteiger partial charge in [0.1, 0.15) is 0 Å². The van der Waals surface area contributed by atoms with Crippen LogP contribution in [-0.2, 0) is 10.2 Å². The maximum atomic E-state index is 11.7. The lowest BCUT2D eigenvalue weighted by atomic mass is 9.80. The lowest BCUT2D eigenvalue weighted by molar-refractivity contribution is -0.123. The minimum atomic E-state index is -0.969. The maximum Gasteiger partial charge on any atom is 0.335 e. The summed E-state index contributed by atoms with van der Waals surface area (Å²) in [6, 6.07) is 6.59. The highest BCUT2D eigenvalue weighted by molar-refractivity contribution is 5.92. The fourth-order valence-corrected chi connectivity index (χ4v) is 2.01. The van der Waals surface area contributed by atoms with Gasteiger partial charge >= 0.3 is 5.97 Å². The first-order chi connectivity index (χ1) is 7.54. The summed E-state index contributed by atoms with van der Waals surface area (Å²) >= 11 is 0. The van der Waals surface area contributed by atoms with Crippen molar-refractivity contribution in [1.29, 1.82) is 0 Å². The average molecular weight is 219 g/mol. The monoisotopic (exact) mass is 219 g/mol. The van der Waals surface area contributed by atoms with Gasteiger partial charge in [-0.1, -0.05) is 12.1 Å². The van der Waals surface area contributed by atoms with Crippen molar-refractivity contribution in [3.63, 3.8) is 0 Å². The first-order valence-electron chi connectivity index (χ1n) is 5.16. The number of carbonyl (C=O) groups excluding carboxylic acids is 1. The van der Waals surface area contributed by atoms with Gasteiger partial charge in [0.25, 0.3) is 0 Å².